The van der Waals surface area contributed by atoms with Crippen LogP contribution in [0.4, 0.5) is 4.79 Å². The van der Waals surface area contributed by atoms with Gasteiger partial charge in [0.2, 0.25) is 9.84 Å². The van der Waals surface area contributed by atoms with Crippen LogP contribution in [0, 0.1) is 0 Å². The highest BCUT2D eigenvalue weighted by Crippen LogP contribution is 2.42. The molecule has 6 nitrogen and oxygen atoms in total. The Morgan fingerprint density at radius 1 is 1.18 bits per heavy atom. The van der Waals surface area contributed by atoms with Crippen LogP contribution in [0.25, 0.3) is 0 Å². The molecule has 8 heteroatoms. The first-order chi connectivity index (χ1) is 15.3. The number of hydrogen-bond donors (Lipinski definition) is 0. The van der Waals surface area contributed by atoms with E-state index in [0.717, 1.165) is 18.4 Å². The van der Waals surface area contributed by atoms with Crippen LogP contribution < -0.4 is 0 Å². The van der Waals surface area contributed by atoms with Crippen molar-refractivity contribution in [3.05, 3.63) is 40.8 Å². The molecular formula is C25H41NO5SSi. The third-order valence-corrected chi connectivity index (χ3v) is 13.3. The molecule has 0 aromatic heterocycles. The highest BCUT2D eigenvalue weighted by Gasteiger charge is 2.41. The molecular weight excluding hydrogens is 454 g/mol. The summed E-state index contributed by atoms with van der Waals surface area (Å²) in [5, 5.41) is 0.0259. The normalized spacial score (nSPS) is 17.7. The molecule has 0 bridgehead atoms. The van der Waals surface area contributed by atoms with Gasteiger partial charge in [0.25, 0.3) is 0 Å². The smallest absolute Gasteiger partial charge is 0.409 e. The third-order valence-electron chi connectivity index (χ3n) is 6.76. The Labute approximate surface area is 201 Å². The Balaban J connectivity index is 2.39. The minimum Gasteiger partial charge on any atom is -0.450 e. The zero-order chi connectivity index (χ0) is 24.9. The molecule has 1 aliphatic rings. The van der Waals surface area contributed by atoms with Crippen molar-refractivity contribution >= 4 is 24.2 Å². The maximum absolute atomic E-state index is 13.6. The number of allylic oxidation sites excluding steroid dienone is 1. The SMILES string of the molecule is CCOC(=O)N(C)CCCC1=C(S(=O)(=O)c2ccccc2)CCC[C@@H]1O[Si](C)(C)C(C)(C)C. The van der Waals surface area contributed by atoms with Crippen molar-refractivity contribution in [2.45, 2.75) is 88.9 Å². The molecule has 0 radical (unpaired) electrons. The van der Waals surface area contributed by atoms with Crippen LogP contribution in [0.15, 0.2) is 45.7 Å². The van der Waals surface area contributed by atoms with E-state index in [0.29, 0.717) is 42.2 Å². The molecule has 0 saturated carbocycles. The predicted molar refractivity (Wildman–Crippen MR) is 135 cm³/mol. The van der Waals surface area contributed by atoms with Gasteiger partial charge >= 0.3 is 6.09 Å². The fourth-order valence-corrected chi connectivity index (χ4v) is 6.92. The van der Waals surface area contributed by atoms with Crippen molar-refractivity contribution in [2.75, 3.05) is 20.2 Å². The zero-order valence-corrected chi connectivity index (χ0v) is 23.1. The molecule has 0 N–H and O–H groups in total. The van der Waals surface area contributed by atoms with Crippen LogP contribution in [0.3, 0.4) is 0 Å². The van der Waals surface area contributed by atoms with Gasteiger partial charge in [0, 0.05) is 13.6 Å². The van der Waals surface area contributed by atoms with Crippen molar-refractivity contribution in [1.29, 1.82) is 0 Å². The molecule has 0 fully saturated rings. The van der Waals surface area contributed by atoms with Crippen molar-refractivity contribution in [3.8, 4) is 0 Å². The van der Waals surface area contributed by atoms with Crippen LogP contribution in [0.1, 0.15) is 59.8 Å². The molecule has 186 valence electrons. The Kier molecular flexibility index (Phi) is 9.36. The highest BCUT2D eigenvalue weighted by molar-refractivity contribution is 7.95. The first-order valence-electron chi connectivity index (χ1n) is 11.9. The number of carbonyl (C=O) groups is 1. The van der Waals surface area contributed by atoms with Gasteiger partial charge in [-0.1, -0.05) is 39.0 Å². The lowest BCUT2D eigenvalue weighted by molar-refractivity contribution is 0.115. The zero-order valence-electron chi connectivity index (χ0n) is 21.3. The average molecular weight is 496 g/mol. The number of sulfone groups is 1. The molecule has 1 aromatic carbocycles. The van der Waals surface area contributed by atoms with Gasteiger partial charge in [0.05, 0.1) is 22.5 Å². The molecule has 1 amide bonds. The molecule has 0 saturated heterocycles. The summed E-state index contributed by atoms with van der Waals surface area (Å²) in [5.41, 5.74) is 0.882. The monoisotopic (exact) mass is 495 g/mol. The lowest BCUT2D eigenvalue weighted by Crippen LogP contribution is -2.45. The van der Waals surface area contributed by atoms with Gasteiger partial charge in [-0.2, -0.15) is 0 Å². The molecule has 1 aromatic rings. The first-order valence-corrected chi connectivity index (χ1v) is 16.3. The average Bonchev–Trinajstić information content (AvgIpc) is 2.74. The maximum atomic E-state index is 13.6. The number of nitrogens with zero attached hydrogens (tertiary/aromatic N) is 1. The van der Waals surface area contributed by atoms with Crippen molar-refractivity contribution in [3.63, 3.8) is 0 Å². The minimum absolute atomic E-state index is 0.0259. The minimum atomic E-state index is -3.60. The highest BCUT2D eigenvalue weighted by atomic mass is 32.2. The van der Waals surface area contributed by atoms with Crippen molar-refractivity contribution < 1.29 is 22.4 Å². The van der Waals surface area contributed by atoms with Crippen LogP contribution in [0.2, 0.25) is 18.1 Å². The van der Waals surface area contributed by atoms with Gasteiger partial charge < -0.3 is 14.1 Å². The lowest BCUT2D eigenvalue weighted by Gasteiger charge is -2.41. The van der Waals surface area contributed by atoms with E-state index < -0.39 is 18.2 Å². The Morgan fingerprint density at radius 3 is 2.39 bits per heavy atom. The molecule has 0 aliphatic heterocycles. The van der Waals surface area contributed by atoms with E-state index in [2.05, 4.69) is 33.9 Å². The van der Waals surface area contributed by atoms with Gasteiger partial charge in [0.15, 0.2) is 8.32 Å². The number of carbonyl (C=O) groups excluding carboxylic acids is 1. The summed E-state index contributed by atoms with van der Waals surface area (Å²) in [6, 6.07) is 8.66. The lowest BCUT2D eigenvalue weighted by atomic mass is 9.93. The van der Waals surface area contributed by atoms with Gasteiger partial charge in [-0.15, -0.1) is 0 Å². The molecule has 1 atom stereocenters. The number of hydrogen-bond acceptors (Lipinski definition) is 5. The predicted octanol–water partition coefficient (Wildman–Crippen LogP) is 6.16. The third kappa shape index (κ3) is 6.93. The van der Waals surface area contributed by atoms with E-state index in [4.69, 9.17) is 9.16 Å². The van der Waals surface area contributed by atoms with Gasteiger partial charge in [0.1, 0.15) is 0 Å². The van der Waals surface area contributed by atoms with Crippen LogP contribution in [0.5, 0.6) is 0 Å². The largest absolute Gasteiger partial charge is 0.450 e. The summed E-state index contributed by atoms with van der Waals surface area (Å²) in [6.07, 6.45) is 2.79. The van der Waals surface area contributed by atoms with Crippen molar-refractivity contribution in [2.24, 2.45) is 0 Å². The quantitative estimate of drug-likeness (QED) is 0.384. The number of benzene rings is 1. The maximum Gasteiger partial charge on any atom is 0.409 e. The van der Waals surface area contributed by atoms with E-state index in [9.17, 15) is 13.2 Å². The molecule has 2 rings (SSSR count). The first kappa shape index (κ1) is 27.6. The molecule has 1 aliphatic carbocycles. The molecule has 33 heavy (non-hydrogen) atoms. The Hall–Kier alpha value is -1.64. The standard InChI is InChI=1S/C25H41NO5SSi/c1-8-30-24(27)26(5)19-13-16-21-22(31-33(6,7)25(2,3)4)17-12-18-23(21)32(28,29)20-14-10-9-11-15-20/h9-11,14-15,22H,8,12-13,16-19H2,1-7H3/t22-/m0/s1. The number of amides is 1. The van der Waals surface area contributed by atoms with E-state index in [1.54, 1.807) is 43.1 Å². The fraction of sp³-hybridized carbons (Fsp3) is 0.640. The Morgan fingerprint density at radius 2 is 1.82 bits per heavy atom. The summed E-state index contributed by atoms with van der Waals surface area (Å²) in [4.78, 5) is 14.3. The van der Waals surface area contributed by atoms with Crippen LogP contribution >= 0.6 is 0 Å². The Bertz CT molecular complexity index is 935. The summed E-state index contributed by atoms with van der Waals surface area (Å²) in [7, 11) is -4.00. The molecule has 0 unspecified atom stereocenters. The van der Waals surface area contributed by atoms with Crippen LogP contribution in [-0.2, 0) is 19.0 Å². The second-order valence-electron chi connectivity index (χ2n) is 10.2. The summed E-state index contributed by atoms with van der Waals surface area (Å²) in [6.45, 7) is 13.6. The van der Waals surface area contributed by atoms with E-state index in [1.165, 1.54) is 0 Å². The fourth-order valence-electron chi connectivity index (χ4n) is 3.81. The number of ether oxygens (including phenoxy) is 1. The molecule has 0 spiro atoms. The second kappa shape index (κ2) is 11.2. The van der Waals surface area contributed by atoms with Gasteiger partial charge in [-0.25, -0.2) is 13.2 Å². The van der Waals surface area contributed by atoms with Crippen LogP contribution in [-0.4, -0.2) is 54.0 Å². The number of rotatable bonds is 9. The van der Waals surface area contributed by atoms with Gasteiger partial charge in [-0.3, -0.25) is 0 Å². The van der Waals surface area contributed by atoms with E-state index in [1.807, 2.05) is 6.07 Å². The van der Waals surface area contributed by atoms with Gasteiger partial charge in [-0.05, 0) is 74.9 Å². The topological polar surface area (TPSA) is 72.9 Å². The summed E-state index contributed by atoms with van der Waals surface area (Å²) in [5.74, 6) is 0. The van der Waals surface area contributed by atoms with Crippen molar-refractivity contribution in [1.82, 2.24) is 4.90 Å². The summed E-state index contributed by atoms with van der Waals surface area (Å²) < 4.78 is 39.1. The van der Waals surface area contributed by atoms with E-state index >= 15 is 0 Å². The molecule has 0 heterocycles. The van der Waals surface area contributed by atoms with E-state index in [-0.39, 0.29) is 17.2 Å². The second-order valence-corrected chi connectivity index (χ2v) is 17.0. The summed E-state index contributed by atoms with van der Waals surface area (Å²) >= 11 is 0.